The van der Waals surface area contributed by atoms with E-state index in [4.69, 9.17) is 5.11 Å². The van der Waals surface area contributed by atoms with Crippen molar-refractivity contribution in [1.82, 2.24) is 9.88 Å². The fourth-order valence-electron chi connectivity index (χ4n) is 2.04. The van der Waals surface area contributed by atoms with E-state index in [1.807, 2.05) is 0 Å². The Morgan fingerprint density at radius 1 is 1.61 bits per heavy atom. The second-order valence-corrected chi connectivity index (χ2v) is 5.56. The lowest BCUT2D eigenvalue weighted by molar-refractivity contribution is -0.141. The SMILES string of the molecule is CCCc1ncc(C(=O)N2CC[C@@H](C(=O)O)C2)s1. The van der Waals surface area contributed by atoms with Gasteiger partial charge in [0.1, 0.15) is 4.88 Å². The van der Waals surface area contributed by atoms with Crippen molar-refractivity contribution in [3.63, 3.8) is 0 Å². The minimum Gasteiger partial charge on any atom is -0.481 e. The first-order valence-corrected chi connectivity index (χ1v) is 6.90. The highest BCUT2D eigenvalue weighted by molar-refractivity contribution is 7.13. The van der Waals surface area contributed by atoms with Gasteiger partial charge in [-0.25, -0.2) is 4.98 Å². The van der Waals surface area contributed by atoms with Crippen LogP contribution in [0.2, 0.25) is 0 Å². The number of rotatable bonds is 4. The third-order valence-corrected chi connectivity index (χ3v) is 4.10. The molecule has 0 aliphatic carbocycles. The molecule has 0 aromatic carbocycles. The third kappa shape index (κ3) is 2.69. The van der Waals surface area contributed by atoms with Crippen molar-refractivity contribution in [3.05, 3.63) is 16.1 Å². The van der Waals surface area contributed by atoms with Crippen LogP contribution in [0.25, 0.3) is 0 Å². The van der Waals surface area contributed by atoms with Crippen molar-refractivity contribution in [1.29, 1.82) is 0 Å². The third-order valence-electron chi connectivity index (χ3n) is 3.05. The molecular formula is C12H16N2O3S. The average molecular weight is 268 g/mol. The van der Waals surface area contributed by atoms with E-state index in [1.54, 1.807) is 11.1 Å². The van der Waals surface area contributed by atoms with Crippen molar-refractivity contribution in [2.24, 2.45) is 5.92 Å². The molecule has 1 saturated heterocycles. The van der Waals surface area contributed by atoms with Gasteiger partial charge in [-0.1, -0.05) is 6.92 Å². The van der Waals surface area contributed by atoms with Crippen LogP contribution in [0.1, 0.15) is 34.4 Å². The summed E-state index contributed by atoms with van der Waals surface area (Å²) >= 11 is 1.41. The Balaban J connectivity index is 2.01. The van der Waals surface area contributed by atoms with Gasteiger partial charge in [-0.3, -0.25) is 9.59 Å². The summed E-state index contributed by atoms with van der Waals surface area (Å²) in [7, 11) is 0. The van der Waals surface area contributed by atoms with Gasteiger partial charge in [0.25, 0.3) is 5.91 Å². The van der Waals surface area contributed by atoms with Gasteiger partial charge in [0.05, 0.1) is 17.1 Å². The maximum Gasteiger partial charge on any atom is 0.308 e. The maximum atomic E-state index is 12.1. The van der Waals surface area contributed by atoms with E-state index in [-0.39, 0.29) is 5.91 Å². The molecule has 98 valence electrons. The summed E-state index contributed by atoms with van der Waals surface area (Å²) in [4.78, 5) is 29.4. The van der Waals surface area contributed by atoms with E-state index in [9.17, 15) is 9.59 Å². The number of aryl methyl sites for hydroxylation is 1. The van der Waals surface area contributed by atoms with Crippen LogP contribution in [-0.4, -0.2) is 40.0 Å². The molecule has 1 aromatic rings. The van der Waals surface area contributed by atoms with Crippen LogP contribution in [0.3, 0.4) is 0 Å². The summed E-state index contributed by atoms with van der Waals surface area (Å²) in [6.07, 6.45) is 4.04. The lowest BCUT2D eigenvalue weighted by Crippen LogP contribution is -2.29. The Morgan fingerprint density at radius 2 is 2.39 bits per heavy atom. The molecule has 1 aliphatic heterocycles. The number of thiazole rings is 1. The summed E-state index contributed by atoms with van der Waals surface area (Å²) < 4.78 is 0. The number of aromatic nitrogens is 1. The number of likely N-dealkylation sites (tertiary alicyclic amines) is 1. The van der Waals surface area contributed by atoms with Gasteiger partial charge in [-0.15, -0.1) is 11.3 Å². The quantitative estimate of drug-likeness (QED) is 0.901. The molecule has 1 atom stereocenters. The molecule has 0 unspecified atom stereocenters. The Hall–Kier alpha value is -1.43. The topological polar surface area (TPSA) is 70.5 Å². The summed E-state index contributed by atoms with van der Waals surface area (Å²) in [6, 6.07) is 0. The summed E-state index contributed by atoms with van der Waals surface area (Å²) in [5.74, 6) is -1.32. The van der Waals surface area contributed by atoms with Gasteiger partial charge >= 0.3 is 5.97 Å². The molecule has 2 heterocycles. The largest absolute Gasteiger partial charge is 0.481 e. The first-order valence-electron chi connectivity index (χ1n) is 6.08. The minimum atomic E-state index is -0.818. The standard InChI is InChI=1S/C12H16N2O3S/c1-2-3-10-13-6-9(18-10)11(15)14-5-4-8(7-14)12(16)17/h6,8H,2-5,7H2,1H3,(H,16,17)/t8-/m1/s1. The average Bonchev–Trinajstić information content (AvgIpc) is 2.97. The van der Waals surface area contributed by atoms with Crippen LogP contribution in [-0.2, 0) is 11.2 Å². The van der Waals surface area contributed by atoms with Crippen LogP contribution in [0.15, 0.2) is 6.20 Å². The summed E-state index contributed by atoms with van der Waals surface area (Å²) in [5, 5.41) is 9.88. The van der Waals surface area contributed by atoms with Crippen molar-refractivity contribution in [2.45, 2.75) is 26.2 Å². The molecule has 6 heteroatoms. The number of aliphatic carboxylic acids is 1. The number of carboxylic acids is 1. The highest BCUT2D eigenvalue weighted by Crippen LogP contribution is 2.22. The van der Waals surface area contributed by atoms with Crippen LogP contribution >= 0.6 is 11.3 Å². The molecule has 18 heavy (non-hydrogen) atoms. The van der Waals surface area contributed by atoms with Crippen LogP contribution in [0, 0.1) is 5.92 Å². The highest BCUT2D eigenvalue weighted by Gasteiger charge is 2.31. The summed E-state index contributed by atoms with van der Waals surface area (Å²) in [5.41, 5.74) is 0. The lowest BCUT2D eigenvalue weighted by Gasteiger charge is -2.13. The zero-order chi connectivity index (χ0) is 13.1. The van der Waals surface area contributed by atoms with E-state index in [1.165, 1.54) is 11.3 Å². The zero-order valence-electron chi connectivity index (χ0n) is 10.3. The first kappa shape index (κ1) is 13.0. The lowest BCUT2D eigenvalue weighted by atomic mass is 10.1. The molecule has 1 amide bonds. The van der Waals surface area contributed by atoms with Crippen molar-refractivity contribution >= 4 is 23.2 Å². The molecule has 0 radical (unpaired) electrons. The fourth-order valence-corrected chi connectivity index (χ4v) is 3.03. The van der Waals surface area contributed by atoms with Gasteiger partial charge < -0.3 is 10.0 Å². The number of carbonyl (C=O) groups excluding carboxylic acids is 1. The zero-order valence-corrected chi connectivity index (χ0v) is 11.1. The number of nitrogens with zero attached hydrogens (tertiary/aromatic N) is 2. The predicted octanol–water partition coefficient (Wildman–Crippen LogP) is 1.64. The molecular weight excluding hydrogens is 252 g/mol. The smallest absolute Gasteiger partial charge is 0.308 e. The van der Waals surface area contributed by atoms with Gasteiger partial charge in [0.15, 0.2) is 0 Å². The monoisotopic (exact) mass is 268 g/mol. The molecule has 1 fully saturated rings. The van der Waals surface area contributed by atoms with E-state index in [0.717, 1.165) is 17.8 Å². The van der Waals surface area contributed by atoms with Gasteiger partial charge in [-0.2, -0.15) is 0 Å². The molecule has 1 aromatic heterocycles. The predicted molar refractivity (Wildman–Crippen MR) is 67.8 cm³/mol. The van der Waals surface area contributed by atoms with E-state index in [0.29, 0.717) is 24.4 Å². The Kier molecular flexibility index (Phi) is 3.96. The number of hydrogen-bond donors (Lipinski definition) is 1. The Bertz CT molecular complexity index is 458. The van der Waals surface area contributed by atoms with Crippen molar-refractivity contribution in [3.8, 4) is 0 Å². The van der Waals surface area contributed by atoms with Crippen molar-refractivity contribution in [2.75, 3.05) is 13.1 Å². The van der Waals surface area contributed by atoms with Gasteiger partial charge in [-0.05, 0) is 19.3 Å². The van der Waals surface area contributed by atoms with Crippen LogP contribution in [0.4, 0.5) is 0 Å². The molecule has 0 bridgehead atoms. The van der Waals surface area contributed by atoms with E-state index >= 15 is 0 Å². The molecule has 5 nitrogen and oxygen atoms in total. The van der Waals surface area contributed by atoms with Crippen LogP contribution < -0.4 is 0 Å². The number of carboxylic acid groups (broad SMARTS) is 1. The second-order valence-electron chi connectivity index (χ2n) is 4.44. The fraction of sp³-hybridized carbons (Fsp3) is 0.583. The normalized spacial score (nSPS) is 19.2. The van der Waals surface area contributed by atoms with Crippen LogP contribution in [0.5, 0.6) is 0 Å². The molecule has 0 spiro atoms. The number of amides is 1. The molecule has 2 rings (SSSR count). The van der Waals surface area contributed by atoms with Gasteiger partial charge in [0.2, 0.25) is 0 Å². The molecule has 1 N–H and O–H groups in total. The summed E-state index contributed by atoms with van der Waals surface area (Å²) in [6.45, 7) is 2.91. The number of hydrogen-bond acceptors (Lipinski definition) is 4. The number of carbonyl (C=O) groups is 2. The van der Waals surface area contributed by atoms with E-state index < -0.39 is 11.9 Å². The first-order chi connectivity index (χ1) is 8.61. The van der Waals surface area contributed by atoms with E-state index in [2.05, 4.69) is 11.9 Å². The molecule has 0 saturated carbocycles. The Labute approximate surface area is 109 Å². The molecule has 1 aliphatic rings. The maximum absolute atomic E-state index is 12.1. The Morgan fingerprint density at radius 3 is 3.00 bits per heavy atom. The second kappa shape index (κ2) is 5.48. The van der Waals surface area contributed by atoms with Gasteiger partial charge in [0, 0.05) is 13.1 Å². The highest BCUT2D eigenvalue weighted by atomic mass is 32.1. The minimum absolute atomic E-state index is 0.0846. The van der Waals surface area contributed by atoms with Crippen molar-refractivity contribution < 1.29 is 14.7 Å².